The number of nitrogens with two attached hydrogens (primary N) is 1. The minimum absolute atomic E-state index is 0.428. The molecular weight excluding hydrogens is 226 g/mol. The smallest absolute Gasteiger partial charge is 0.140 e. The Kier molecular flexibility index (Phi) is 3.01. The first-order valence-corrected chi connectivity index (χ1v) is 5.18. The summed E-state index contributed by atoms with van der Waals surface area (Å²) in [6, 6.07) is 5.16. The number of benzene rings is 1. The van der Waals surface area contributed by atoms with Crippen molar-refractivity contribution in [2.24, 2.45) is 7.05 Å². The van der Waals surface area contributed by atoms with Gasteiger partial charge < -0.3 is 10.5 Å². The second kappa shape index (κ2) is 4.45. The zero-order chi connectivity index (χ0) is 11.5. The maximum absolute atomic E-state index is 5.97. The Morgan fingerprint density at radius 2 is 2.31 bits per heavy atom. The zero-order valence-corrected chi connectivity index (χ0v) is 9.61. The van der Waals surface area contributed by atoms with Gasteiger partial charge in [-0.2, -0.15) is 5.10 Å². The van der Waals surface area contributed by atoms with E-state index in [9.17, 15) is 0 Å². The van der Waals surface area contributed by atoms with Gasteiger partial charge >= 0.3 is 0 Å². The molecule has 16 heavy (non-hydrogen) atoms. The van der Waals surface area contributed by atoms with E-state index in [1.54, 1.807) is 29.1 Å². The van der Waals surface area contributed by atoms with Crippen LogP contribution in [0.25, 0.3) is 0 Å². The van der Waals surface area contributed by atoms with Gasteiger partial charge in [-0.1, -0.05) is 11.6 Å². The van der Waals surface area contributed by atoms with Crippen LogP contribution in [0.2, 0.25) is 5.02 Å². The van der Waals surface area contributed by atoms with Crippen molar-refractivity contribution < 1.29 is 4.74 Å². The van der Waals surface area contributed by atoms with Crippen LogP contribution in [0.15, 0.2) is 30.6 Å². The number of ether oxygens (including phenoxy) is 1. The van der Waals surface area contributed by atoms with E-state index < -0.39 is 0 Å². The third kappa shape index (κ3) is 2.46. The summed E-state index contributed by atoms with van der Waals surface area (Å²) in [5.41, 5.74) is 7.26. The van der Waals surface area contributed by atoms with Crippen LogP contribution >= 0.6 is 11.6 Å². The Bertz CT molecular complexity index is 496. The number of aryl methyl sites for hydroxylation is 1. The summed E-state index contributed by atoms with van der Waals surface area (Å²) in [6.07, 6.45) is 3.64. The number of nitrogens with zero attached hydrogens (tertiary/aromatic N) is 2. The van der Waals surface area contributed by atoms with Crippen molar-refractivity contribution in [2.75, 3.05) is 5.73 Å². The molecular formula is C11H12ClN3O. The molecule has 84 valence electrons. The lowest BCUT2D eigenvalue weighted by Gasteiger charge is -2.07. The molecule has 4 nitrogen and oxygen atoms in total. The molecule has 0 fully saturated rings. The van der Waals surface area contributed by atoms with Crippen LogP contribution < -0.4 is 10.5 Å². The van der Waals surface area contributed by atoms with Crippen LogP contribution in [0.4, 0.5) is 5.69 Å². The van der Waals surface area contributed by atoms with Crippen LogP contribution in [0.3, 0.4) is 0 Å². The quantitative estimate of drug-likeness (QED) is 0.833. The second-order valence-corrected chi connectivity index (χ2v) is 3.91. The number of hydrogen-bond acceptors (Lipinski definition) is 3. The summed E-state index contributed by atoms with van der Waals surface area (Å²) in [7, 11) is 1.86. The molecule has 1 aromatic heterocycles. The van der Waals surface area contributed by atoms with Gasteiger partial charge in [0.05, 0.1) is 11.2 Å². The molecule has 0 unspecified atom stereocenters. The minimum Gasteiger partial charge on any atom is -0.487 e. The molecule has 0 aliphatic heterocycles. The second-order valence-electron chi connectivity index (χ2n) is 3.50. The Morgan fingerprint density at radius 3 is 3.00 bits per heavy atom. The van der Waals surface area contributed by atoms with Gasteiger partial charge in [-0.15, -0.1) is 0 Å². The average Bonchev–Trinajstić information content (AvgIpc) is 2.66. The van der Waals surface area contributed by atoms with E-state index >= 15 is 0 Å². The number of halogens is 1. The molecule has 0 amide bonds. The standard InChI is InChI=1S/C11H12ClN3O/c1-15-6-8(5-14-15)7-16-11-4-9(13)2-3-10(11)12/h2-6H,7,13H2,1H3. The Morgan fingerprint density at radius 1 is 1.50 bits per heavy atom. The third-order valence-electron chi connectivity index (χ3n) is 2.11. The summed E-state index contributed by atoms with van der Waals surface area (Å²) in [4.78, 5) is 0. The van der Waals surface area contributed by atoms with Crippen LogP contribution in [-0.2, 0) is 13.7 Å². The Hall–Kier alpha value is -1.68. The van der Waals surface area contributed by atoms with Gasteiger partial charge in [0, 0.05) is 30.6 Å². The van der Waals surface area contributed by atoms with E-state index in [4.69, 9.17) is 22.1 Å². The molecule has 0 aliphatic rings. The third-order valence-corrected chi connectivity index (χ3v) is 2.42. The van der Waals surface area contributed by atoms with Crippen LogP contribution in [0, 0.1) is 0 Å². The first-order valence-electron chi connectivity index (χ1n) is 4.80. The maximum Gasteiger partial charge on any atom is 0.140 e. The van der Waals surface area contributed by atoms with Crippen molar-refractivity contribution in [1.29, 1.82) is 0 Å². The number of nitrogen functional groups attached to an aromatic ring is 1. The summed E-state index contributed by atoms with van der Waals surface area (Å²) in [5.74, 6) is 0.588. The lowest BCUT2D eigenvalue weighted by atomic mass is 10.3. The SMILES string of the molecule is Cn1cc(COc2cc(N)ccc2Cl)cn1. The van der Waals surface area contributed by atoms with Crippen molar-refractivity contribution in [3.05, 3.63) is 41.2 Å². The summed E-state index contributed by atoms with van der Waals surface area (Å²) in [6.45, 7) is 0.428. The predicted octanol–water partition coefficient (Wildman–Crippen LogP) is 2.23. The van der Waals surface area contributed by atoms with Crippen molar-refractivity contribution in [2.45, 2.75) is 6.61 Å². The van der Waals surface area contributed by atoms with Crippen molar-refractivity contribution >= 4 is 17.3 Å². The largest absolute Gasteiger partial charge is 0.487 e. The fraction of sp³-hybridized carbons (Fsp3) is 0.182. The van der Waals surface area contributed by atoms with E-state index in [0.717, 1.165) is 5.56 Å². The highest BCUT2D eigenvalue weighted by atomic mass is 35.5. The van der Waals surface area contributed by atoms with Crippen LogP contribution in [0.1, 0.15) is 5.56 Å². The van der Waals surface area contributed by atoms with E-state index in [2.05, 4.69) is 5.10 Å². The molecule has 0 radical (unpaired) electrons. The first-order chi connectivity index (χ1) is 7.65. The molecule has 5 heteroatoms. The zero-order valence-electron chi connectivity index (χ0n) is 8.85. The van der Waals surface area contributed by atoms with Gasteiger partial charge in [0.1, 0.15) is 12.4 Å². The normalized spacial score (nSPS) is 10.4. The molecule has 1 heterocycles. The number of anilines is 1. The minimum atomic E-state index is 0.428. The Balaban J connectivity index is 2.07. The van der Waals surface area contributed by atoms with Gasteiger partial charge in [-0.05, 0) is 12.1 Å². The van der Waals surface area contributed by atoms with E-state index in [-0.39, 0.29) is 0 Å². The van der Waals surface area contributed by atoms with Gasteiger partial charge in [0.15, 0.2) is 0 Å². The van der Waals surface area contributed by atoms with Crippen molar-refractivity contribution in [3.63, 3.8) is 0 Å². The summed E-state index contributed by atoms with van der Waals surface area (Å²) < 4.78 is 7.27. The van der Waals surface area contributed by atoms with Gasteiger partial charge in [0.25, 0.3) is 0 Å². The average molecular weight is 238 g/mol. The highest BCUT2D eigenvalue weighted by Gasteiger charge is 2.03. The molecule has 1 aromatic carbocycles. The molecule has 0 saturated heterocycles. The Labute approximate surface area is 98.6 Å². The molecule has 0 atom stereocenters. The maximum atomic E-state index is 5.97. The lowest BCUT2D eigenvalue weighted by Crippen LogP contribution is -1.96. The highest BCUT2D eigenvalue weighted by molar-refractivity contribution is 6.32. The van der Waals surface area contributed by atoms with Crippen molar-refractivity contribution in [3.8, 4) is 5.75 Å². The van der Waals surface area contributed by atoms with Crippen LogP contribution in [0.5, 0.6) is 5.75 Å². The lowest BCUT2D eigenvalue weighted by molar-refractivity contribution is 0.306. The number of hydrogen-bond donors (Lipinski definition) is 1. The topological polar surface area (TPSA) is 53.1 Å². The van der Waals surface area contributed by atoms with E-state index in [1.165, 1.54) is 0 Å². The summed E-state index contributed by atoms with van der Waals surface area (Å²) >= 11 is 5.97. The van der Waals surface area contributed by atoms with Gasteiger partial charge in [-0.3, -0.25) is 4.68 Å². The fourth-order valence-electron chi connectivity index (χ4n) is 1.34. The number of aromatic nitrogens is 2. The molecule has 0 bridgehead atoms. The summed E-state index contributed by atoms with van der Waals surface area (Å²) in [5, 5.41) is 4.60. The van der Waals surface area contributed by atoms with Gasteiger partial charge in [-0.25, -0.2) is 0 Å². The van der Waals surface area contributed by atoms with Crippen molar-refractivity contribution in [1.82, 2.24) is 9.78 Å². The molecule has 0 aliphatic carbocycles. The molecule has 2 N–H and O–H groups in total. The monoisotopic (exact) mass is 237 g/mol. The predicted molar refractivity (Wildman–Crippen MR) is 63.4 cm³/mol. The molecule has 2 aromatic rings. The molecule has 0 saturated carbocycles. The fourth-order valence-corrected chi connectivity index (χ4v) is 1.51. The van der Waals surface area contributed by atoms with E-state index in [1.807, 2.05) is 13.2 Å². The van der Waals surface area contributed by atoms with E-state index in [0.29, 0.717) is 23.1 Å². The van der Waals surface area contributed by atoms with Crippen LogP contribution in [-0.4, -0.2) is 9.78 Å². The highest BCUT2D eigenvalue weighted by Crippen LogP contribution is 2.27. The molecule has 2 rings (SSSR count). The number of rotatable bonds is 3. The van der Waals surface area contributed by atoms with Gasteiger partial charge in [0.2, 0.25) is 0 Å². The first kappa shape index (κ1) is 10.8. The molecule has 0 spiro atoms.